The van der Waals surface area contributed by atoms with Crippen LogP contribution in [0.1, 0.15) is 251 Å². The van der Waals surface area contributed by atoms with Gasteiger partial charge in [0.1, 0.15) is 35.7 Å². The van der Waals surface area contributed by atoms with Crippen LogP contribution >= 0.6 is 0 Å². The van der Waals surface area contributed by atoms with Gasteiger partial charge >= 0.3 is 5.97 Å². The summed E-state index contributed by atoms with van der Waals surface area (Å²) in [4.78, 5) is 110. The third-order valence-corrected chi connectivity index (χ3v) is 23.2. The number of hydrogen-bond donors (Lipinski definition) is 4. The van der Waals surface area contributed by atoms with E-state index in [2.05, 4.69) is 20.9 Å². The first-order valence-corrected chi connectivity index (χ1v) is 40.7. The van der Waals surface area contributed by atoms with Crippen LogP contribution in [0.5, 0.6) is 11.5 Å². The summed E-state index contributed by atoms with van der Waals surface area (Å²) in [5, 5.41) is 36.3. The quantitative estimate of drug-likeness (QED) is 0.0650. The van der Waals surface area contributed by atoms with Crippen molar-refractivity contribution in [3.63, 3.8) is 0 Å². The monoisotopic (exact) mass is 1490 g/mol. The minimum Gasteiger partial charge on any atom is -0.490 e. The van der Waals surface area contributed by atoms with E-state index in [1.54, 1.807) is 4.90 Å². The number of carboxylic acid groups (broad SMARTS) is 1. The van der Waals surface area contributed by atoms with Gasteiger partial charge in [0, 0.05) is 184 Å². The Balaban J connectivity index is 0.000000261. The van der Waals surface area contributed by atoms with Crippen LogP contribution in [-0.2, 0) is 43.2 Å². The molecule has 571 valence electrons. The summed E-state index contributed by atoms with van der Waals surface area (Å²) in [5.74, 6) is -0.340. The van der Waals surface area contributed by atoms with Crippen molar-refractivity contribution in [2.45, 2.75) is 299 Å². The van der Waals surface area contributed by atoms with Crippen molar-refractivity contribution >= 4 is 174 Å². The van der Waals surface area contributed by atoms with E-state index in [0.717, 1.165) is 121 Å². The zero-order chi connectivity index (χ0) is 82.5. The number of oxime groups is 2. The number of carbonyl (C=O) groups is 7. The zero-order valence-electron chi connectivity index (χ0n) is 69.1. The van der Waals surface area contributed by atoms with Crippen LogP contribution in [0.25, 0.3) is 0 Å². The SMILES string of the molecule is CCC[C@H](CC(=O)[C@@H]1C[C@]2(CC(c3cc(C)c(OC(C)C)c(C)c3)=NO2)CN1C(=O)[C@@H](NC(=O)CC1CCCCC1)C(C)(C)C)C(O)C(=O)CC1CC1.Cc1cc(C2=NO[C@]3(C2)C[C@@H](C(=O)O)N(C(=O)[C@@H](NC(=O)CC2CCCCC2)C(C)(C)C)C3)cc(C)c1OC(C)C.[B][B]B(B([B])[B])B(B([B])[B])B(B([B])[B])B([B])[B]. The van der Waals surface area contributed by atoms with E-state index < -0.39 is 115 Å². The summed E-state index contributed by atoms with van der Waals surface area (Å²) in [7, 11) is 52.0. The molecule has 3 aliphatic carbocycles. The first-order valence-electron chi connectivity index (χ1n) is 40.7. The Kier molecular flexibility index (Phi) is 33.9. The van der Waals surface area contributed by atoms with E-state index in [1.807, 2.05) is 128 Å². The Morgan fingerprint density at radius 3 is 1.30 bits per heavy atom. The minimum atomic E-state index is -1.22. The fourth-order valence-corrected chi connectivity index (χ4v) is 17.2. The third kappa shape index (κ3) is 25.4. The zero-order valence-corrected chi connectivity index (χ0v) is 69.1. The molecule has 111 heavy (non-hydrogen) atoms. The molecule has 4 heterocycles. The molecule has 4 N–H and O–H groups in total. The minimum absolute atomic E-state index is 0.0203. The molecule has 0 aromatic heterocycles. The van der Waals surface area contributed by atoms with Crippen LogP contribution < -0.4 is 20.1 Å². The number of nitrogens with one attached hydrogen (secondary N) is 2. The van der Waals surface area contributed by atoms with Gasteiger partial charge in [0.05, 0.1) is 42.8 Å². The van der Waals surface area contributed by atoms with Crippen molar-refractivity contribution in [3.8, 4) is 11.5 Å². The van der Waals surface area contributed by atoms with Crippen molar-refractivity contribution in [1.82, 2.24) is 20.4 Å². The summed E-state index contributed by atoms with van der Waals surface area (Å²) in [6.45, 7) is 29.7. The lowest BCUT2D eigenvalue weighted by molar-refractivity contribution is -0.150. The molecule has 19 nitrogen and oxygen atoms in total. The molecule has 19 radical (unpaired) electrons. The number of nitrogens with zero attached hydrogens (tertiary/aromatic N) is 4. The molecular formula is C75H112B17N6O13. The van der Waals surface area contributed by atoms with E-state index in [-0.39, 0.29) is 73.8 Å². The second-order valence-corrected chi connectivity index (χ2v) is 36.1. The van der Waals surface area contributed by atoms with Gasteiger partial charge in [0.2, 0.25) is 23.6 Å². The highest BCUT2D eigenvalue weighted by Crippen LogP contribution is 2.45. The van der Waals surface area contributed by atoms with Gasteiger partial charge < -0.3 is 49.8 Å². The number of benzene rings is 2. The van der Waals surface area contributed by atoms with Crippen molar-refractivity contribution < 1.29 is 62.9 Å². The molecular weight excluding hydrogens is 1380 g/mol. The Morgan fingerprint density at radius 1 is 0.586 bits per heavy atom. The molecule has 2 spiro atoms. The van der Waals surface area contributed by atoms with Crippen LogP contribution in [0, 0.1) is 62.2 Å². The van der Waals surface area contributed by atoms with E-state index >= 15 is 0 Å². The molecule has 9 rings (SSSR count). The third-order valence-electron chi connectivity index (χ3n) is 23.2. The number of hydrogen-bond acceptors (Lipinski definition) is 14. The fraction of sp³-hybridized carbons (Fsp3) is 0.720. The van der Waals surface area contributed by atoms with E-state index in [0.29, 0.717) is 62.7 Å². The predicted molar refractivity (Wildman–Crippen MR) is 461 cm³/mol. The van der Waals surface area contributed by atoms with Crippen molar-refractivity contribution in [2.75, 3.05) is 13.1 Å². The van der Waals surface area contributed by atoms with Crippen molar-refractivity contribution in [3.05, 3.63) is 57.6 Å². The van der Waals surface area contributed by atoms with Crippen LogP contribution in [0.2, 0.25) is 0 Å². The number of carboxylic acids is 1. The smallest absolute Gasteiger partial charge is 0.326 e. The first-order chi connectivity index (χ1) is 51.9. The van der Waals surface area contributed by atoms with Gasteiger partial charge in [0.15, 0.2) is 22.8 Å². The van der Waals surface area contributed by atoms with E-state index in [4.69, 9.17) is 88.8 Å². The highest BCUT2D eigenvalue weighted by atomic mass is 16.7. The number of Topliss-reactive ketones (excluding diaryl/α,β-unsaturated/α-hetero) is 2. The Labute approximate surface area is 679 Å². The number of carbonyl (C=O) groups excluding carboxylic acids is 6. The second kappa shape index (κ2) is 40.5. The molecule has 3 saturated carbocycles. The molecule has 5 fully saturated rings. The lowest BCUT2D eigenvalue weighted by Crippen LogP contribution is -2.76. The van der Waals surface area contributed by atoms with E-state index in [9.17, 15) is 43.8 Å². The number of likely N-dealkylation sites (tertiary alicyclic amines) is 2. The molecule has 0 bridgehead atoms. The fourth-order valence-electron chi connectivity index (χ4n) is 17.2. The Hall–Kier alpha value is -5.27. The normalized spacial score (nSPS) is 21.5. The van der Waals surface area contributed by atoms with Gasteiger partial charge in [-0.15, -0.1) is 0 Å². The molecule has 2 aromatic carbocycles. The summed E-state index contributed by atoms with van der Waals surface area (Å²) < 4.78 is 12.0. The summed E-state index contributed by atoms with van der Waals surface area (Å²) in [6.07, 6.45) is 10.7. The summed E-state index contributed by atoms with van der Waals surface area (Å²) in [6, 6.07) is 4.47. The van der Waals surface area contributed by atoms with Crippen LogP contribution in [-0.4, -0.2) is 261 Å². The first kappa shape index (κ1) is 92.9. The number of aryl methyl sites for hydroxylation is 4. The summed E-state index contributed by atoms with van der Waals surface area (Å²) in [5.41, 5.74) is 4.11. The second-order valence-electron chi connectivity index (χ2n) is 36.1. The van der Waals surface area contributed by atoms with Gasteiger partial charge in [-0.05, 0) is 181 Å². The average Bonchev–Trinajstić information content (AvgIpc) is 1.60. The molecule has 2 saturated heterocycles. The maximum Gasteiger partial charge on any atom is 0.326 e. The molecule has 4 aliphatic heterocycles. The number of ketones is 2. The highest BCUT2D eigenvalue weighted by Gasteiger charge is 2.58. The van der Waals surface area contributed by atoms with Gasteiger partial charge in [-0.1, -0.05) is 104 Å². The largest absolute Gasteiger partial charge is 0.490 e. The number of aliphatic hydroxyl groups excluding tert-OH is 1. The summed E-state index contributed by atoms with van der Waals surface area (Å²) >= 11 is 0. The van der Waals surface area contributed by atoms with Crippen molar-refractivity contribution in [1.29, 1.82) is 0 Å². The Bertz CT molecular complexity index is 3550. The van der Waals surface area contributed by atoms with E-state index in [1.165, 1.54) is 24.8 Å². The number of amides is 4. The topological polar surface area (TPSA) is 252 Å². The molecule has 7 aliphatic rings. The number of ether oxygens (including phenoxy) is 2. The van der Waals surface area contributed by atoms with Crippen LogP contribution in [0.4, 0.5) is 0 Å². The van der Waals surface area contributed by atoms with Crippen LogP contribution in [0.3, 0.4) is 0 Å². The molecule has 2 aromatic rings. The van der Waals surface area contributed by atoms with Crippen LogP contribution in [0.15, 0.2) is 34.6 Å². The Morgan fingerprint density at radius 2 is 0.964 bits per heavy atom. The van der Waals surface area contributed by atoms with Gasteiger partial charge in [-0.3, -0.25) is 28.8 Å². The molecule has 36 heteroatoms. The van der Waals surface area contributed by atoms with Gasteiger partial charge in [-0.2, -0.15) is 0 Å². The predicted octanol–water partition coefficient (Wildman–Crippen LogP) is 5.83. The molecule has 8 atom stereocenters. The van der Waals surface area contributed by atoms with Crippen molar-refractivity contribution in [2.24, 2.45) is 44.8 Å². The highest BCUT2D eigenvalue weighted by molar-refractivity contribution is 8.15. The lowest BCUT2D eigenvalue weighted by atomic mass is 8.43. The number of aliphatic carboxylic acids is 1. The average molecular weight is 1490 g/mol. The number of rotatable bonds is 31. The molecule has 1 unspecified atom stereocenters. The standard InChI is InChI=1S/C43H65N3O7.C32H47N3O6.B17/c1-9-13-31(38(50)36(48)20-30-16-17-30)22-35(47)34-24-43(23-33(45-53-43)32-18-27(4)39(28(5)19-32)52-26(2)3)25-46(34)41(51)40(42(6,7)8)44-37(49)21-29-14-11-10-12-15-29;1-19(2)40-27-20(3)13-23(14-21(27)4)24-16-32(41-34-24)17-25(30(38)39)35(18-32)29(37)28(31(5,6)7)33-26(36)15-22-11-9-8-10-12-22;1-10-15(11(2)3)17(14(8)9)16(12(4)5)13(6)7/h18-19,26,29-31,34,38,40,50H,9-17,20-25H2,1-8H3,(H,44,49);13-14,19,22,25,28H,8-12,15-18H2,1-7H3,(H,33,36)(H,38,39);/t31-,34+,38?,40-,43-;25-,28+,32+;/m10./s1. The van der Waals surface area contributed by atoms with Gasteiger partial charge in [0.25, 0.3) is 0 Å². The molecule has 4 amide bonds. The maximum absolute atomic E-state index is 14.8. The van der Waals surface area contributed by atoms with Gasteiger partial charge in [-0.25, -0.2) is 4.79 Å². The lowest BCUT2D eigenvalue weighted by Gasteiger charge is -2.38. The maximum atomic E-state index is 14.8. The number of aliphatic hydroxyl groups is 1.